The normalized spacial score (nSPS) is 14.0. The highest BCUT2D eigenvalue weighted by atomic mass is 16.5. The average molecular weight is 434 g/mol. The van der Waals surface area contributed by atoms with Crippen molar-refractivity contribution in [2.24, 2.45) is 5.10 Å². The molecular weight excluding hydrogens is 406 g/mol. The first-order valence-corrected chi connectivity index (χ1v) is 10.6. The molecule has 0 bridgehead atoms. The zero-order chi connectivity index (χ0) is 22.2. The minimum absolute atomic E-state index is 0.307. The van der Waals surface area contributed by atoms with Crippen LogP contribution in [-0.2, 0) is 11.2 Å². The molecule has 0 amide bonds. The number of rotatable bonds is 8. The lowest BCUT2D eigenvalue weighted by atomic mass is 10.2. The molecule has 0 saturated carbocycles. The van der Waals surface area contributed by atoms with E-state index >= 15 is 0 Å². The Bertz CT molecular complexity index is 1050. The number of anilines is 3. The predicted octanol–water partition coefficient (Wildman–Crippen LogP) is 2.67. The highest BCUT2D eigenvalue weighted by Crippen LogP contribution is 2.20. The second-order valence-electron chi connectivity index (χ2n) is 7.41. The third kappa shape index (κ3) is 5.92. The van der Waals surface area contributed by atoms with Crippen molar-refractivity contribution in [3.63, 3.8) is 0 Å². The van der Waals surface area contributed by atoms with E-state index in [-0.39, 0.29) is 0 Å². The van der Waals surface area contributed by atoms with E-state index in [4.69, 9.17) is 15.2 Å². The Kier molecular flexibility index (Phi) is 7.08. The van der Waals surface area contributed by atoms with Gasteiger partial charge >= 0.3 is 6.01 Å². The number of ether oxygens (including phenoxy) is 2. The molecule has 1 aliphatic heterocycles. The van der Waals surface area contributed by atoms with Crippen molar-refractivity contribution in [2.75, 3.05) is 49.0 Å². The number of nitrogens with two attached hydrogens (primary N) is 1. The van der Waals surface area contributed by atoms with E-state index in [9.17, 15) is 0 Å². The zero-order valence-corrected chi connectivity index (χ0v) is 18.1. The Morgan fingerprint density at radius 2 is 2.06 bits per heavy atom. The van der Waals surface area contributed by atoms with Crippen LogP contribution < -0.4 is 20.8 Å². The summed E-state index contributed by atoms with van der Waals surface area (Å²) in [4.78, 5) is 15.6. The van der Waals surface area contributed by atoms with E-state index in [1.165, 1.54) is 0 Å². The molecule has 4 rings (SSSR count). The first-order valence-electron chi connectivity index (χ1n) is 10.6. The standard InChI is InChI=1S/C23H27N7O2/c1-17-5-6-20(24)21(14-17)29-26-16-19-15-22(30-9-12-31-13-10-30)28-23(27-19)32-11-7-18-4-2-3-8-25-18/h2-6,8,14-16,29H,7,9-13,24H2,1H3. The van der Waals surface area contributed by atoms with Crippen molar-refractivity contribution in [2.45, 2.75) is 13.3 Å². The highest BCUT2D eigenvalue weighted by Gasteiger charge is 2.15. The number of nitrogens with zero attached hydrogens (tertiary/aromatic N) is 5. The Labute approximate surface area is 187 Å². The van der Waals surface area contributed by atoms with Crippen molar-refractivity contribution in [1.82, 2.24) is 15.0 Å². The molecule has 0 atom stereocenters. The maximum Gasteiger partial charge on any atom is 0.318 e. The Morgan fingerprint density at radius 3 is 2.88 bits per heavy atom. The van der Waals surface area contributed by atoms with Gasteiger partial charge in [-0.25, -0.2) is 0 Å². The Hall–Kier alpha value is -3.72. The van der Waals surface area contributed by atoms with Crippen LogP contribution in [0.4, 0.5) is 17.2 Å². The molecule has 2 aromatic heterocycles. The fourth-order valence-corrected chi connectivity index (χ4v) is 3.24. The molecule has 0 aliphatic carbocycles. The van der Waals surface area contributed by atoms with Crippen LogP contribution in [0.2, 0.25) is 0 Å². The second-order valence-corrected chi connectivity index (χ2v) is 7.41. The topological polar surface area (TPSA) is 111 Å². The summed E-state index contributed by atoms with van der Waals surface area (Å²) in [5.41, 5.74) is 13.1. The quantitative estimate of drug-likeness (QED) is 0.317. The van der Waals surface area contributed by atoms with Gasteiger partial charge in [0.15, 0.2) is 0 Å². The lowest BCUT2D eigenvalue weighted by Crippen LogP contribution is -2.37. The minimum Gasteiger partial charge on any atom is -0.463 e. The number of hydrogen-bond donors (Lipinski definition) is 2. The van der Waals surface area contributed by atoms with Crippen molar-refractivity contribution >= 4 is 23.4 Å². The van der Waals surface area contributed by atoms with Gasteiger partial charge in [-0.1, -0.05) is 12.1 Å². The summed E-state index contributed by atoms with van der Waals surface area (Å²) in [6, 6.07) is 13.8. The molecule has 9 heteroatoms. The largest absolute Gasteiger partial charge is 0.463 e. The Morgan fingerprint density at radius 1 is 1.19 bits per heavy atom. The van der Waals surface area contributed by atoms with Gasteiger partial charge in [-0.2, -0.15) is 15.1 Å². The van der Waals surface area contributed by atoms with E-state index in [2.05, 4.69) is 30.4 Å². The Balaban J connectivity index is 1.49. The summed E-state index contributed by atoms with van der Waals surface area (Å²) in [7, 11) is 0. The summed E-state index contributed by atoms with van der Waals surface area (Å²) >= 11 is 0. The molecule has 0 spiro atoms. The summed E-state index contributed by atoms with van der Waals surface area (Å²) in [5.74, 6) is 0.785. The fraction of sp³-hybridized carbons (Fsp3) is 0.304. The molecule has 0 radical (unpaired) electrons. The molecule has 3 N–H and O–H groups in total. The van der Waals surface area contributed by atoms with Crippen LogP contribution in [0.1, 0.15) is 17.0 Å². The number of pyridine rings is 1. The lowest BCUT2D eigenvalue weighted by Gasteiger charge is -2.28. The minimum atomic E-state index is 0.307. The van der Waals surface area contributed by atoms with Gasteiger partial charge < -0.3 is 20.1 Å². The van der Waals surface area contributed by atoms with Gasteiger partial charge in [0.05, 0.1) is 43.1 Å². The monoisotopic (exact) mass is 433 g/mol. The highest BCUT2D eigenvalue weighted by molar-refractivity contribution is 5.80. The maximum absolute atomic E-state index is 6.01. The number of benzene rings is 1. The van der Waals surface area contributed by atoms with Crippen molar-refractivity contribution in [1.29, 1.82) is 0 Å². The molecule has 9 nitrogen and oxygen atoms in total. The van der Waals surface area contributed by atoms with Gasteiger partial charge in [-0.3, -0.25) is 10.4 Å². The number of hydrogen-bond acceptors (Lipinski definition) is 9. The maximum atomic E-state index is 6.01. The number of nitrogen functional groups attached to an aromatic ring is 1. The first kappa shape index (κ1) is 21.5. The van der Waals surface area contributed by atoms with Crippen LogP contribution in [0.3, 0.4) is 0 Å². The summed E-state index contributed by atoms with van der Waals surface area (Å²) in [6.07, 6.45) is 4.08. The molecule has 1 aliphatic rings. The molecule has 1 fully saturated rings. The summed E-state index contributed by atoms with van der Waals surface area (Å²) in [5, 5.41) is 4.31. The number of morpholine rings is 1. The number of nitrogens with one attached hydrogen (secondary N) is 1. The van der Waals surface area contributed by atoms with Crippen molar-refractivity contribution in [3.05, 3.63) is 65.6 Å². The van der Waals surface area contributed by atoms with E-state index in [1.54, 1.807) is 12.4 Å². The van der Waals surface area contributed by atoms with E-state index in [1.807, 2.05) is 49.4 Å². The molecule has 1 saturated heterocycles. The molecule has 166 valence electrons. The van der Waals surface area contributed by atoms with Gasteiger partial charge in [0.25, 0.3) is 0 Å². The zero-order valence-electron chi connectivity index (χ0n) is 18.1. The summed E-state index contributed by atoms with van der Waals surface area (Å²) < 4.78 is 11.3. The average Bonchev–Trinajstić information content (AvgIpc) is 2.82. The number of hydrazone groups is 1. The van der Waals surface area contributed by atoms with Gasteiger partial charge in [-0.15, -0.1) is 0 Å². The van der Waals surface area contributed by atoms with Crippen LogP contribution in [0.15, 0.2) is 53.8 Å². The van der Waals surface area contributed by atoms with E-state index < -0.39 is 0 Å². The van der Waals surface area contributed by atoms with Crippen LogP contribution in [0.25, 0.3) is 0 Å². The molecule has 1 aromatic carbocycles. The van der Waals surface area contributed by atoms with Gasteiger partial charge in [0.2, 0.25) is 0 Å². The smallest absolute Gasteiger partial charge is 0.318 e. The predicted molar refractivity (Wildman–Crippen MR) is 125 cm³/mol. The molecular formula is C23H27N7O2. The number of aromatic nitrogens is 3. The third-order valence-electron chi connectivity index (χ3n) is 4.95. The van der Waals surface area contributed by atoms with Crippen LogP contribution in [0, 0.1) is 6.92 Å². The second kappa shape index (κ2) is 10.5. The van der Waals surface area contributed by atoms with E-state index in [0.717, 1.165) is 35.9 Å². The van der Waals surface area contributed by atoms with Crippen LogP contribution in [-0.4, -0.2) is 54.1 Å². The van der Waals surface area contributed by atoms with Gasteiger partial charge in [-0.05, 0) is 36.8 Å². The van der Waals surface area contributed by atoms with Gasteiger partial charge in [0.1, 0.15) is 5.82 Å². The van der Waals surface area contributed by atoms with Crippen LogP contribution in [0.5, 0.6) is 6.01 Å². The third-order valence-corrected chi connectivity index (χ3v) is 4.95. The fourth-order valence-electron chi connectivity index (χ4n) is 3.24. The van der Waals surface area contributed by atoms with Gasteiger partial charge in [0, 0.05) is 37.5 Å². The molecule has 0 unspecified atom stereocenters. The number of aryl methyl sites for hydroxylation is 1. The molecule has 32 heavy (non-hydrogen) atoms. The summed E-state index contributed by atoms with van der Waals surface area (Å²) in [6.45, 7) is 5.28. The lowest BCUT2D eigenvalue weighted by molar-refractivity contribution is 0.122. The molecule has 3 heterocycles. The van der Waals surface area contributed by atoms with Crippen molar-refractivity contribution in [3.8, 4) is 6.01 Å². The van der Waals surface area contributed by atoms with Crippen molar-refractivity contribution < 1.29 is 9.47 Å². The van der Waals surface area contributed by atoms with Crippen LogP contribution >= 0.6 is 0 Å². The first-order chi connectivity index (χ1) is 15.7. The van der Waals surface area contributed by atoms with E-state index in [0.29, 0.717) is 43.6 Å². The SMILES string of the molecule is Cc1ccc(N)c(NN=Cc2cc(N3CCOCC3)nc(OCCc3ccccn3)n2)c1. The molecule has 3 aromatic rings.